The van der Waals surface area contributed by atoms with E-state index in [2.05, 4.69) is 4.98 Å². The zero-order valence-electron chi connectivity index (χ0n) is 9.74. The van der Waals surface area contributed by atoms with Gasteiger partial charge in [-0.25, -0.2) is 9.36 Å². The molecule has 3 aromatic rings. The van der Waals surface area contributed by atoms with E-state index in [9.17, 15) is 9.18 Å². The van der Waals surface area contributed by atoms with E-state index in [0.29, 0.717) is 10.9 Å². The summed E-state index contributed by atoms with van der Waals surface area (Å²) in [5.41, 5.74) is 0.878. The Bertz CT molecular complexity index is 742. The number of aromatic nitrogens is 2. The van der Waals surface area contributed by atoms with Crippen LogP contribution < -0.4 is 0 Å². The van der Waals surface area contributed by atoms with Crippen molar-refractivity contribution in [1.82, 2.24) is 9.55 Å². The first-order chi connectivity index (χ1) is 8.74. The molecule has 0 saturated carbocycles. The maximum atomic E-state index is 13.8. The molecule has 2 heterocycles. The summed E-state index contributed by atoms with van der Waals surface area (Å²) in [6.07, 6.45) is 0.991. The van der Waals surface area contributed by atoms with Crippen molar-refractivity contribution in [2.75, 3.05) is 6.61 Å². The van der Waals surface area contributed by atoms with E-state index in [4.69, 9.17) is 4.74 Å². The number of fused-ring (bicyclic) bond motifs is 3. The van der Waals surface area contributed by atoms with E-state index in [1.165, 1.54) is 4.57 Å². The number of halogens is 1. The third-order valence-electron chi connectivity index (χ3n) is 2.92. The van der Waals surface area contributed by atoms with E-state index in [1.54, 1.807) is 25.3 Å². The van der Waals surface area contributed by atoms with Crippen LogP contribution in [0, 0.1) is 5.95 Å². The van der Waals surface area contributed by atoms with Crippen molar-refractivity contribution < 1.29 is 13.9 Å². The molecule has 3 rings (SSSR count). The Morgan fingerprint density at radius 3 is 2.94 bits per heavy atom. The number of rotatable bonds is 1. The molecular formula is C13H11FN2O2. The molecule has 0 aliphatic carbocycles. The maximum Gasteiger partial charge on any atom is 0.419 e. The summed E-state index contributed by atoms with van der Waals surface area (Å²) in [6.45, 7) is 1.97. The van der Waals surface area contributed by atoms with Gasteiger partial charge in [-0.15, -0.1) is 0 Å². The molecule has 18 heavy (non-hydrogen) atoms. The lowest BCUT2D eigenvalue weighted by molar-refractivity contribution is 0.156. The lowest BCUT2D eigenvalue weighted by Gasteiger charge is -2.04. The molecule has 0 fully saturated rings. The minimum absolute atomic E-state index is 0.231. The highest BCUT2D eigenvalue weighted by atomic mass is 19.1. The second-order valence-electron chi connectivity index (χ2n) is 3.92. The van der Waals surface area contributed by atoms with Crippen LogP contribution in [0.25, 0.3) is 21.8 Å². The molecule has 1 aromatic carbocycles. The summed E-state index contributed by atoms with van der Waals surface area (Å²) < 4.78 is 20.0. The fourth-order valence-corrected chi connectivity index (χ4v) is 2.21. The minimum atomic E-state index is -0.567. The first-order valence-corrected chi connectivity index (χ1v) is 5.67. The molecule has 0 amide bonds. The van der Waals surface area contributed by atoms with Crippen LogP contribution in [0.3, 0.4) is 0 Å². The SMILES string of the molecule is CCOC(=O)n1c2ccccc2c2c[nH]c(F)c21. The van der Waals surface area contributed by atoms with Crippen LogP contribution in [0.4, 0.5) is 9.18 Å². The van der Waals surface area contributed by atoms with E-state index in [0.717, 1.165) is 5.39 Å². The number of nitrogens with zero attached hydrogens (tertiary/aromatic N) is 1. The van der Waals surface area contributed by atoms with Crippen molar-refractivity contribution in [2.45, 2.75) is 6.92 Å². The summed E-state index contributed by atoms with van der Waals surface area (Å²) in [5, 5.41) is 1.50. The highest BCUT2D eigenvalue weighted by Gasteiger charge is 2.20. The topological polar surface area (TPSA) is 47.0 Å². The predicted octanol–water partition coefficient (Wildman–Crippen LogP) is 3.27. The summed E-state index contributed by atoms with van der Waals surface area (Å²) in [6, 6.07) is 7.27. The molecule has 0 aliphatic rings. The fraction of sp³-hybridized carbons (Fsp3) is 0.154. The number of ether oxygens (including phenoxy) is 1. The van der Waals surface area contributed by atoms with Gasteiger partial charge in [0.05, 0.1) is 12.1 Å². The van der Waals surface area contributed by atoms with Gasteiger partial charge >= 0.3 is 6.09 Å². The lowest BCUT2D eigenvalue weighted by Crippen LogP contribution is -2.13. The third kappa shape index (κ3) is 1.33. The van der Waals surface area contributed by atoms with Crippen LogP contribution >= 0.6 is 0 Å². The van der Waals surface area contributed by atoms with Crippen molar-refractivity contribution in [1.29, 1.82) is 0 Å². The standard InChI is InChI=1S/C13H11FN2O2/c1-2-18-13(17)16-10-6-4-3-5-8(10)9-7-15-12(14)11(9)16/h3-7,15H,2H2,1H3. The number of nitrogens with one attached hydrogen (secondary N) is 1. The van der Waals surface area contributed by atoms with E-state index >= 15 is 0 Å². The lowest BCUT2D eigenvalue weighted by atomic mass is 10.2. The number of hydrogen-bond donors (Lipinski definition) is 1. The van der Waals surface area contributed by atoms with Gasteiger partial charge in [0.2, 0.25) is 5.95 Å². The summed E-state index contributed by atoms with van der Waals surface area (Å²) in [7, 11) is 0. The van der Waals surface area contributed by atoms with E-state index in [1.807, 2.05) is 12.1 Å². The molecule has 0 saturated heterocycles. The van der Waals surface area contributed by atoms with Crippen molar-refractivity contribution in [2.24, 2.45) is 0 Å². The van der Waals surface area contributed by atoms with Crippen LogP contribution in [-0.2, 0) is 4.74 Å². The first-order valence-electron chi connectivity index (χ1n) is 5.67. The van der Waals surface area contributed by atoms with Gasteiger partial charge < -0.3 is 9.72 Å². The third-order valence-corrected chi connectivity index (χ3v) is 2.92. The van der Waals surface area contributed by atoms with E-state index < -0.39 is 12.0 Å². The van der Waals surface area contributed by atoms with Crippen molar-refractivity contribution >= 4 is 27.9 Å². The Morgan fingerprint density at radius 2 is 2.17 bits per heavy atom. The highest BCUT2D eigenvalue weighted by molar-refractivity contribution is 6.12. The minimum Gasteiger partial charge on any atom is -0.449 e. The van der Waals surface area contributed by atoms with E-state index in [-0.39, 0.29) is 12.1 Å². The smallest absolute Gasteiger partial charge is 0.419 e. The van der Waals surface area contributed by atoms with Crippen LogP contribution in [0.2, 0.25) is 0 Å². The molecule has 4 nitrogen and oxygen atoms in total. The Kier molecular flexibility index (Phi) is 2.33. The first kappa shape index (κ1) is 10.8. The Labute approximate surface area is 102 Å². The van der Waals surface area contributed by atoms with Gasteiger partial charge in [0.25, 0.3) is 0 Å². The van der Waals surface area contributed by atoms with Gasteiger partial charge in [-0.05, 0) is 13.0 Å². The average molecular weight is 246 g/mol. The molecule has 0 spiro atoms. The monoisotopic (exact) mass is 246 g/mol. The number of para-hydroxylation sites is 1. The maximum absolute atomic E-state index is 13.8. The zero-order valence-corrected chi connectivity index (χ0v) is 9.74. The second kappa shape index (κ2) is 3.87. The van der Waals surface area contributed by atoms with Crippen molar-refractivity contribution in [3.8, 4) is 0 Å². The van der Waals surface area contributed by atoms with Crippen LogP contribution in [0.15, 0.2) is 30.5 Å². The number of benzene rings is 1. The average Bonchev–Trinajstić information content (AvgIpc) is 2.89. The van der Waals surface area contributed by atoms with Gasteiger partial charge in [-0.2, -0.15) is 4.39 Å². The van der Waals surface area contributed by atoms with Gasteiger partial charge in [-0.3, -0.25) is 0 Å². The molecule has 5 heteroatoms. The highest BCUT2D eigenvalue weighted by Crippen LogP contribution is 2.30. The number of hydrogen-bond acceptors (Lipinski definition) is 2. The zero-order chi connectivity index (χ0) is 12.7. The molecule has 0 aliphatic heterocycles. The largest absolute Gasteiger partial charge is 0.449 e. The molecule has 1 N–H and O–H groups in total. The number of H-pyrrole nitrogens is 1. The molecule has 92 valence electrons. The van der Waals surface area contributed by atoms with Gasteiger partial charge in [0, 0.05) is 17.0 Å². The fourth-order valence-electron chi connectivity index (χ4n) is 2.21. The normalized spacial score (nSPS) is 11.2. The van der Waals surface area contributed by atoms with Gasteiger partial charge in [-0.1, -0.05) is 18.2 Å². The Morgan fingerprint density at radius 1 is 1.39 bits per heavy atom. The Balaban J connectivity index is 2.43. The molecular weight excluding hydrogens is 235 g/mol. The van der Waals surface area contributed by atoms with Gasteiger partial charge in [0.15, 0.2) is 0 Å². The van der Waals surface area contributed by atoms with Crippen LogP contribution in [0.1, 0.15) is 6.92 Å². The van der Waals surface area contributed by atoms with Crippen molar-refractivity contribution in [3.05, 3.63) is 36.4 Å². The predicted molar refractivity (Wildman–Crippen MR) is 66.2 cm³/mol. The Hall–Kier alpha value is -2.30. The number of aromatic amines is 1. The quantitative estimate of drug-likeness (QED) is 0.716. The van der Waals surface area contributed by atoms with Crippen LogP contribution in [0.5, 0.6) is 0 Å². The molecule has 2 aromatic heterocycles. The molecule has 0 unspecified atom stereocenters. The summed E-state index contributed by atoms with van der Waals surface area (Å²) >= 11 is 0. The molecule has 0 atom stereocenters. The summed E-state index contributed by atoms with van der Waals surface area (Å²) in [5.74, 6) is -0.533. The van der Waals surface area contributed by atoms with Crippen LogP contribution in [-0.4, -0.2) is 22.3 Å². The second-order valence-corrected chi connectivity index (χ2v) is 3.92. The van der Waals surface area contributed by atoms with Gasteiger partial charge in [0.1, 0.15) is 5.52 Å². The molecule has 0 radical (unpaired) electrons. The van der Waals surface area contributed by atoms with Crippen molar-refractivity contribution in [3.63, 3.8) is 0 Å². The summed E-state index contributed by atoms with van der Waals surface area (Å²) in [4.78, 5) is 14.4. The number of carbonyl (C=O) groups is 1. The molecule has 0 bridgehead atoms. The number of carbonyl (C=O) groups excluding carboxylic acids is 1.